The lowest BCUT2D eigenvalue weighted by molar-refractivity contribution is -0.146. The summed E-state index contributed by atoms with van der Waals surface area (Å²) >= 11 is 0. The van der Waals surface area contributed by atoms with Gasteiger partial charge in [0.2, 0.25) is 5.91 Å². The molecule has 138 valence electrons. The molecule has 1 aromatic heterocycles. The summed E-state index contributed by atoms with van der Waals surface area (Å²) in [6.07, 6.45) is -1.75. The minimum absolute atomic E-state index is 0.0124. The smallest absolute Gasteiger partial charge is 0.336 e. The zero-order valence-electron chi connectivity index (χ0n) is 14.6. The van der Waals surface area contributed by atoms with Crippen LogP contribution in [0.4, 0.5) is 13.2 Å². The predicted octanol–water partition coefficient (Wildman–Crippen LogP) is 3.14. The Morgan fingerprint density at radius 1 is 1.40 bits per heavy atom. The first kappa shape index (κ1) is 18.2. The minimum Gasteiger partial charge on any atom is -0.336 e. The zero-order chi connectivity index (χ0) is 18.4. The number of carbonyl (C=O) groups is 1. The first-order valence-electron chi connectivity index (χ1n) is 8.74. The van der Waals surface area contributed by atoms with E-state index in [0.717, 1.165) is 24.5 Å². The number of nitrogens with two attached hydrogens (primary N) is 1. The monoisotopic (exact) mass is 355 g/mol. The Balaban J connectivity index is 1.85. The quantitative estimate of drug-likeness (QED) is 0.887. The van der Waals surface area contributed by atoms with Gasteiger partial charge in [-0.2, -0.15) is 13.2 Å². The third-order valence-corrected chi connectivity index (χ3v) is 5.76. The Bertz CT molecular complexity index is 674. The normalized spacial score (nSPS) is 26.8. The highest BCUT2D eigenvalue weighted by molar-refractivity contribution is 5.83. The van der Waals surface area contributed by atoms with Crippen LogP contribution >= 0.6 is 0 Å². The molecular weight excluding hydrogens is 331 g/mol. The van der Waals surface area contributed by atoms with Crippen LogP contribution in [0.1, 0.15) is 50.1 Å². The Kier molecular flexibility index (Phi) is 4.56. The van der Waals surface area contributed by atoms with E-state index in [1.807, 2.05) is 13.8 Å². The highest BCUT2D eigenvalue weighted by Gasteiger charge is 2.48. The molecule has 1 aliphatic heterocycles. The van der Waals surface area contributed by atoms with Crippen LogP contribution in [0.5, 0.6) is 0 Å². The van der Waals surface area contributed by atoms with Crippen molar-refractivity contribution in [2.45, 2.75) is 58.3 Å². The van der Waals surface area contributed by atoms with E-state index in [4.69, 9.17) is 5.73 Å². The van der Waals surface area contributed by atoms with Crippen molar-refractivity contribution in [3.05, 3.63) is 29.1 Å². The fourth-order valence-corrected chi connectivity index (χ4v) is 4.14. The Hall–Kier alpha value is -1.63. The molecular formula is C18H24F3N3O. The molecule has 0 spiro atoms. The van der Waals surface area contributed by atoms with Crippen LogP contribution in [-0.2, 0) is 23.9 Å². The van der Waals surface area contributed by atoms with Crippen LogP contribution in [0.25, 0.3) is 0 Å². The van der Waals surface area contributed by atoms with E-state index in [0.29, 0.717) is 25.1 Å². The van der Waals surface area contributed by atoms with Gasteiger partial charge in [-0.3, -0.25) is 4.79 Å². The lowest BCUT2D eigenvalue weighted by Crippen LogP contribution is -2.48. The standard InChI is InChI=1S/C18H24F3N3O/c1-11(2)17(7-5-13(22)9-17)16(25)24-8-6-12-3-4-15(18(19,20)21)23-14(12)10-24/h3-4,11,13H,5-10,22H2,1-2H3/t13-,17+/m1/s1. The van der Waals surface area contributed by atoms with E-state index in [9.17, 15) is 18.0 Å². The molecule has 1 fully saturated rings. The van der Waals surface area contributed by atoms with Gasteiger partial charge in [-0.1, -0.05) is 19.9 Å². The summed E-state index contributed by atoms with van der Waals surface area (Å²) in [5.41, 5.74) is 5.80. The van der Waals surface area contributed by atoms with Crippen LogP contribution in [0.15, 0.2) is 12.1 Å². The number of nitrogens with zero attached hydrogens (tertiary/aromatic N) is 2. The van der Waals surface area contributed by atoms with Crippen molar-refractivity contribution < 1.29 is 18.0 Å². The van der Waals surface area contributed by atoms with Gasteiger partial charge in [0.1, 0.15) is 5.69 Å². The Labute approximate surface area is 145 Å². The van der Waals surface area contributed by atoms with Crippen molar-refractivity contribution >= 4 is 5.91 Å². The second kappa shape index (κ2) is 6.27. The third kappa shape index (κ3) is 3.26. The average molecular weight is 355 g/mol. The number of amides is 1. The SMILES string of the molecule is CC(C)[C@]1(C(=O)N2CCc3ccc(C(F)(F)F)nc3C2)CC[C@@H](N)C1. The highest BCUT2D eigenvalue weighted by Crippen LogP contribution is 2.45. The number of hydrogen-bond acceptors (Lipinski definition) is 3. The molecule has 1 amide bonds. The second-order valence-electron chi connectivity index (χ2n) is 7.59. The molecule has 0 bridgehead atoms. The van der Waals surface area contributed by atoms with Gasteiger partial charge < -0.3 is 10.6 Å². The second-order valence-corrected chi connectivity index (χ2v) is 7.59. The van der Waals surface area contributed by atoms with Crippen LogP contribution in [0.3, 0.4) is 0 Å². The average Bonchev–Trinajstić information content (AvgIpc) is 2.95. The molecule has 1 aliphatic carbocycles. The molecule has 2 aliphatic rings. The molecule has 2 N–H and O–H groups in total. The van der Waals surface area contributed by atoms with Gasteiger partial charge in [0.25, 0.3) is 0 Å². The van der Waals surface area contributed by atoms with Gasteiger partial charge in [0.15, 0.2) is 0 Å². The van der Waals surface area contributed by atoms with Crippen molar-refractivity contribution in [1.82, 2.24) is 9.88 Å². The number of carbonyl (C=O) groups excluding carboxylic acids is 1. The predicted molar refractivity (Wildman–Crippen MR) is 87.5 cm³/mol. The Morgan fingerprint density at radius 2 is 2.12 bits per heavy atom. The fourth-order valence-electron chi connectivity index (χ4n) is 4.14. The van der Waals surface area contributed by atoms with E-state index in [2.05, 4.69) is 4.98 Å². The van der Waals surface area contributed by atoms with Gasteiger partial charge in [-0.25, -0.2) is 4.98 Å². The summed E-state index contributed by atoms with van der Waals surface area (Å²) in [5, 5.41) is 0. The summed E-state index contributed by atoms with van der Waals surface area (Å²) in [7, 11) is 0. The molecule has 1 saturated carbocycles. The molecule has 4 nitrogen and oxygen atoms in total. The van der Waals surface area contributed by atoms with Crippen LogP contribution < -0.4 is 5.73 Å². The number of halogens is 3. The summed E-state index contributed by atoms with van der Waals surface area (Å²) in [6.45, 7) is 4.70. The molecule has 3 rings (SSSR count). The maximum atomic E-state index is 13.2. The number of alkyl halides is 3. The van der Waals surface area contributed by atoms with Gasteiger partial charge in [0.05, 0.1) is 17.7 Å². The van der Waals surface area contributed by atoms with Gasteiger partial charge in [0, 0.05) is 12.6 Å². The molecule has 0 unspecified atom stereocenters. The van der Waals surface area contributed by atoms with Gasteiger partial charge in [-0.05, 0) is 43.2 Å². The maximum absolute atomic E-state index is 13.2. The number of hydrogen-bond donors (Lipinski definition) is 1. The van der Waals surface area contributed by atoms with E-state index >= 15 is 0 Å². The maximum Gasteiger partial charge on any atom is 0.433 e. The van der Waals surface area contributed by atoms with Crippen molar-refractivity contribution in [3.63, 3.8) is 0 Å². The molecule has 0 saturated heterocycles. The van der Waals surface area contributed by atoms with Gasteiger partial charge >= 0.3 is 6.18 Å². The molecule has 1 aromatic rings. The number of fused-ring (bicyclic) bond motifs is 1. The van der Waals surface area contributed by atoms with Crippen LogP contribution in [-0.4, -0.2) is 28.4 Å². The highest BCUT2D eigenvalue weighted by atomic mass is 19.4. The van der Waals surface area contributed by atoms with E-state index < -0.39 is 17.3 Å². The Morgan fingerprint density at radius 3 is 2.68 bits per heavy atom. The molecule has 0 radical (unpaired) electrons. The van der Waals surface area contributed by atoms with Gasteiger partial charge in [-0.15, -0.1) is 0 Å². The van der Waals surface area contributed by atoms with E-state index in [1.165, 1.54) is 6.07 Å². The number of pyridine rings is 1. The molecule has 2 atom stereocenters. The first-order valence-corrected chi connectivity index (χ1v) is 8.74. The summed E-state index contributed by atoms with van der Waals surface area (Å²) in [4.78, 5) is 18.7. The van der Waals surface area contributed by atoms with Crippen LogP contribution in [0, 0.1) is 11.3 Å². The first-order chi connectivity index (χ1) is 11.6. The molecule has 2 heterocycles. The topological polar surface area (TPSA) is 59.2 Å². The van der Waals surface area contributed by atoms with Crippen molar-refractivity contribution in [3.8, 4) is 0 Å². The number of aromatic nitrogens is 1. The lowest BCUT2D eigenvalue weighted by Gasteiger charge is -2.39. The summed E-state index contributed by atoms with van der Waals surface area (Å²) in [5.74, 6) is 0.157. The number of rotatable bonds is 2. The third-order valence-electron chi connectivity index (χ3n) is 5.76. The summed E-state index contributed by atoms with van der Waals surface area (Å²) in [6, 6.07) is 2.51. The van der Waals surface area contributed by atoms with Crippen molar-refractivity contribution in [2.75, 3.05) is 6.54 Å². The van der Waals surface area contributed by atoms with E-state index in [1.54, 1.807) is 4.90 Å². The molecule has 0 aromatic carbocycles. The van der Waals surface area contributed by atoms with Crippen molar-refractivity contribution in [2.24, 2.45) is 17.1 Å². The van der Waals surface area contributed by atoms with Crippen LogP contribution in [0.2, 0.25) is 0 Å². The summed E-state index contributed by atoms with van der Waals surface area (Å²) < 4.78 is 38.7. The van der Waals surface area contributed by atoms with E-state index in [-0.39, 0.29) is 24.4 Å². The zero-order valence-corrected chi connectivity index (χ0v) is 14.6. The minimum atomic E-state index is -4.47. The van der Waals surface area contributed by atoms with Crippen molar-refractivity contribution in [1.29, 1.82) is 0 Å². The molecule has 7 heteroatoms. The largest absolute Gasteiger partial charge is 0.433 e. The lowest BCUT2D eigenvalue weighted by atomic mass is 9.74. The molecule has 25 heavy (non-hydrogen) atoms. The fraction of sp³-hybridized carbons (Fsp3) is 0.667.